The second-order valence-corrected chi connectivity index (χ2v) is 38.3. The van der Waals surface area contributed by atoms with Crippen molar-refractivity contribution < 1.29 is 14.3 Å². The van der Waals surface area contributed by atoms with Crippen molar-refractivity contribution in [3.8, 4) is 15.5 Å². The molecule has 2 aliphatic heterocycles. The molecule has 1 atom stereocenters. The molecule has 2 aliphatic rings. The van der Waals surface area contributed by atoms with E-state index < -0.39 is 24.0 Å². The molecule has 0 spiro atoms. The second kappa shape index (κ2) is 24.0. The predicted octanol–water partition coefficient (Wildman–Crippen LogP) is 17.5. The summed E-state index contributed by atoms with van der Waals surface area (Å²) in [4.78, 5) is 30.4. The van der Waals surface area contributed by atoms with Crippen LogP contribution in [0.5, 0.6) is 5.75 Å². The molecule has 0 N–H and O–H groups in total. The fraction of sp³-hybridized carbons (Fsp3) is 0.519. The SMILES string of the molecule is CCCCC(CC)CN1C(=O)c2c(Br)sc(Br)c2C1=O.CCC[CH2][Sn]([CH2]CCC)([CH2]CCC)[c]1cc2c(s1)-c1sc(C)cc1OC2(c1ccc(CCC)cc1)c1ccc(CCC)cc1. The molecule has 7 rings (SSSR count). The Bertz CT molecular complexity index is 2200. The zero-order chi connectivity index (χ0) is 46.0. The van der Waals surface area contributed by atoms with Crippen LogP contribution < -0.4 is 7.63 Å². The van der Waals surface area contributed by atoms with Crippen LogP contribution in [0.25, 0.3) is 9.75 Å². The average Bonchev–Trinajstić information content (AvgIpc) is 4.05. The number of imide groups is 1. The van der Waals surface area contributed by atoms with E-state index in [4.69, 9.17) is 4.74 Å². The number of fused-ring (bicyclic) bond motifs is 4. The Morgan fingerprint density at radius 1 is 0.641 bits per heavy atom. The first kappa shape index (κ1) is 51.6. The average molecular weight is 1160 g/mol. The number of carbonyl (C=O) groups is 2. The standard InChI is InChI=1S/C28H27OS2.C14H17Br2NO2S.3C4H9.Sn/c1-4-6-20-8-12-22(13-9-20)28(23-14-10-21(7-5-2)11-15-23)24-16-17-30-26(24)27-25(29-28)18-19(3)31-27;1-3-5-6-8(4-2)7-17-13(18)9-10(14(17)19)12(16)20-11(9)15;3*1-3-4-2;/h8-16,18H,4-7H2,1-3H3;8H,3-7H2,1-2H3;3*1,3-4H2,2H3;. The topological polar surface area (TPSA) is 46.6 Å². The number of amides is 2. The molecule has 10 heteroatoms. The van der Waals surface area contributed by atoms with Gasteiger partial charge in [-0.15, -0.1) is 11.3 Å². The van der Waals surface area contributed by atoms with Crippen molar-refractivity contribution in [1.29, 1.82) is 0 Å². The summed E-state index contributed by atoms with van der Waals surface area (Å²) in [6.07, 6.45) is 17.0. The quantitative estimate of drug-likeness (QED) is 0.0512. The van der Waals surface area contributed by atoms with Gasteiger partial charge in [-0.2, -0.15) is 0 Å². The number of thiophene rings is 3. The van der Waals surface area contributed by atoms with E-state index in [1.54, 1.807) is 2.89 Å². The van der Waals surface area contributed by atoms with Gasteiger partial charge in [0, 0.05) is 6.54 Å². The number of unbranched alkanes of at least 4 members (excludes halogenated alkanes) is 4. The molecule has 5 aromatic rings. The van der Waals surface area contributed by atoms with Crippen LogP contribution in [-0.2, 0) is 18.4 Å². The van der Waals surface area contributed by atoms with Crippen LogP contribution in [0.1, 0.15) is 179 Å². The number of rotatable bonds is 22. The van der Waals surface area contributed by atoms with Crippen molar-refractivity contribution in [2.75, 3.05) is 6.54 Å². The van der Waals surface area contributed by atoms with Gasteiger partial charge in [0.1, 0.15) is 0 Å². The second-order valence-electron chi connectivity index (χ2n) is 18.2. The van der Waals surface area contributed by atoms with Crippen molar-refractivity contribution in [3.05, 3.63) is 112 Å². The molecule has 5 heterocycles. The van der Waals surface area contributed by atoms with E-state index in [1.165, 1.54) is 111 Å². The molecule has 1 unspecified atom stereocenters. The summed E-state index contributed by atoms with van der Waals surface area (Å²) in [5, 5.41) is 0. The molecule has 0 bridgehead atoms. The molecule has 2 aromatic carbocycles. The van der Waals surface area contributed by atoms with E-state index in [0.717, 1.165) is 64.7 Å². The van der Waals surface area contributed by atoms with Crippen LogP contribution in [0.15, 0.2) is 68.2 Å². The Labute approximate surface area is 418 Å². The van der Waals surface area contributed by atoms with Crippen molar-refractivity contribution in [2.24, 2.45) is 5.92 Å². The minimum atomic E-state index is -2.69. The summed E-state index contributed by atoms with van der Waals surface area (Å²) in [5.74, 6) is 1.15. The van der Waals surface area contributed by atoms with Gasteiger partial charge in [-0.05, 0) is 44.2 Å². The third-order valence-corrected chi connectivity index (χ3v) is 36.5. The molecule has 0 saturated carbocycles. The molecule has 0 radical (unpaired) electrons. The Kier molecular flexibility index (Phi) is 19.4. The first-order valence-corrected chi connectivity index (χ1v) is 35.9. The van der Waals surface area contributed by atoms with Gasteiger partial charge < -0.3 is 0 Å². The van der Waals surface area contributed by atoms with Crippen LogP contribution in [0, 0.1) is 12.8 Å². The molecule has 0 saturated heterocycles. The van der Waals surface area contributed by atoms with Crippen LogP contribution >= 0.6 is 65.9 Å². The number of aryl methyl sites for hydroxylation is 3. The zero-order valence-electron chi connectivity index (χ0n) is 39.7. The summed E-state index contributed by atoms with van der Waals surface area (Å²) in [6, 6.07) is 23.9. The molecule has 0 aliphatic carbocycles. The van der Waals surface area contributed by atoms with Gasteiger partial charge in [0.15, 0.2) is 0 Å². The normalized spacial score (nSPS) is 14.5. The Balaban J connectivity index is 0.000000284. The molecule has 3 aromatic heterocycles. The first-order valence-electron chi connectivity index (χ1n) is 24.4. The molecular weight excluding hydrogens is 1090 g/mol. The summed E-state index contributed by atoms with van der Waals surface area (Å²) in [7, 11) is 0. The summed E-state index contributed by atoms with van der Waals surface area (Å²) in [5.41, 5.74) is 7.16. The fourth-order valence-electron chi connectivity index (χ4n) is 9.77. The van der Waals surface area contributed by atoms with Crippen LogP contribution in [0.4, 0.5) is 0 Å². The van der Waals surface area contributed by atoms with Gasteiger partial charge >= 0.3 is 282 Å². The predicted molar refractivity (Wildman–Crippen MR) is 287 cm³/mol. The Hall–Kier alpha value is -1.76. The van der Waals surface area contributed by atoms with E-state index in [0.29, 0.717) is 23.6 Å². The van der Waals surface area contributed by atoms with Gasteiger partial charge in [-0.25, -0.2) is 0 Å². The van der Waals surface area contributed by atoms with Gasteiger partial charge in [-0.1, -0.05) is 33.1 Å². The van der Waals surface area contributed by atoms with Crippen LogP contribution in [0.2, 0.25) is 13.3 Å². The molecule has 64 heavy (non-hydrogen) atoms. The summed E-state index contributed by atoms with van der Waals surface area (Å²) >= 11 is 9.56. The Morgan fingerprint density at radius 2 is 1.14 bits per heavy atom. The van der Waals surface area contributed by atoms with E-state index >= 15 is 0 Å². The number of ether oxygens (including phenoxy) is 1. The number of nitrogens with zero attached hydrogens (tertiary/aromatic N) is 1. The molecule has 4 nitrogen and oxygen atoms in total. The maximum absolute atomic E-state index is 12.4. The van der Waals surface area contributed by atoms with Crippen LogP contribution in [0.3, 0.4) is 0 Å². The number of halogens is 2. The van der Waals surface area contributed by atoms with Gasteiger partial charge in [-0.3, -0.25) is 14.5 Å². The molecule has 346 valence electrons. The zero-order valence-corrected chi connectivity index (χ0v) is 48.2. The monoisotopic (exact) mass is 1160 g/mol. The third kappa shape index (κ3) is 11.1. The first-order chi connectivity index (χ1) is 30.9. The molecular formula is C54H71Br2NO3S3Sn. The molecule has 0 fully saturated rings. The van der Waals surface area contributed by atoms with Crippen LogP contribution in [-0.4, -0.2) is 41.6 Å². The van der Waals surface area contributed by atoms with Gasteiger partial charge in [0.25, 0.3) is 11.8 Å². The van der Waals surface area contributed by atoms with E-state index in [1.807, 2.05) is 11.3 Å². The van der Waals surface area contributed by atoms with Crippen molar-refractivity contribution in [2.45, 2.75) is 164 Å². The van der Waals surface area contributed by atoms with Crippen molar-refractivity contribution in [3.63, 3.8) is 0 Å². The summed E-state index contributed by atoms with van der Waals surface area (Å²) in [6.45, 7) is 18.8. The van der Waals surface area contributed by atoms with Crippen molar-refractivity contribution >= 4 is 99.0 Å². The van der Waals surface area contributed by atoms with Crippen molar-refractivity contribution in [1.82, 2.24) is 4.90 Å². The van der Waals surface area contributed by atoms with Gasteiger partial charge in [0.2, 0.25) is 0 Å². The fourth-order valence-corrected chi connectivity index (χ4v) is 34.3. The number of benzene rings is 2. The van der Waals surface area contributed by atoms with Gasteiger partial charge in [0.05, 0.1) is 18.7 Å². The minimum absolute atomic E-state index is 0.159. The number of hydrogen-bond acceptors (Lipinski definition) is 6. The molecule has 2 amide bonds. The summed E-state index contributed by atoms with van der Waals surface area (Å²) < 4.78 is 15.2. The van der Waals surface area contributed by atoms with E-state index in [9.17, 15) is 9.59 Å². The number of carbonyl (C=O) groups excluding carboxylic acids is 2. The Morgan fingerprint density at radius 3 is 1.59 bits per heavy atom. The maximum atomic E-state index is 12.4. The number of hydrogen-bond donors (Lipinski definition) is 0. The van der Waals surface area contributed by atoms with E-state index in [-0.39, 0.29) is 11.8 Å². The van der Waals surface area contributed by atoms with E-state index in [2.05, 4.69) is 159 Å². The third-order valence-electron chi connectivity index (χ3n) is 13.5.